The predicted octanol–water partition coefficient (Wildman–Crippen LogP) is 4.74. The van der Waals surface area contributed by atoms with Gasteiger partial charge in [-0.2, -0.15) is 9.61 Å². The van der Waals surface area contributed by atoms with Crippen molar-refractivity contribution in [1.82, 2.24) is 14.6 Å². The van der Waals surface area contributed by atoms with E-state index < -0.39 is 11.6 Å². The highest BCUT2D eigenvalue weighted by molar-refractivity contribution is 5.93. The highest BCUT2D eigenvalue weighted by Gasteiger charge is 2.17. The molecule has 0 saturated carbocycles. The maximum atomic E-state index is 14.5. The van der Waals surface area contributed by atoms with E-state index in [0.717, 1.165) is 12.1 Å². The SMILES string of the molecule is C=CC(C)=Nc1ncc2ccc(-c3c(F)cc(OC(C)C)cc3F)nn12. The number of allylic oxidation sites excluding steroid dienone is 1. The fourth-order valence-corrected chi connectivity index (χ4v) is 2.42. The van der Waals surface area contributed by atoms with Crippen molar-refractivity contribution < 1.29 is 13.5 Å². The molecule has 3 aromatic rings. The molecular formula is C19H18F2N4O. The summed E-state index contributed by atoms with van der Waals surface area (Å²) in [7, 11) is 0. The van der Waals surface area contributed by atoms with Crippen molar-refractivity contribution in [1.29, 1.82) is 0 Å². The van der Waals surface area contributed by atoms with Crippen molar-refractivity contribution in [3.63, 3.8) is 0 Å². The van der Waals surface area contributed by atoms with Crippen molar-refractivity contribution >= 4 is 17.2 Å². The van der Waals surface area contributed by atoms with Gasteiger partial charge in [0.1, 0.15) is 17.4 Å². The van der Waals surface area contributed by atoms with Crippen LogP contribution in [0, 0.1) is 11.6 Å². The molecule has 3 rings (SSSR count). The van der Waals surface area contributed by atoms with Gasteiger partial charge in [0, 0.05) is 17.8 Å². The van der Waals surface area contributed by atoms with Crippen molar-refractivity contribution in [2.75, 3.05) is 0 Å². The predicted molar refractivity (Wildman–Crippen MR) is 97.1 cm³/mol. The van der Waals surface area contributed by atoms with Gasteiger partial charge >= 0.3 is 0 Å². The quantitative estimate of drug-likeness (QED) is 0.621. The molecule has 0 radical (unpaired) electrons. The number of hydrogen-bond donors (Lipinski definition) is 0. The standard InChI is InChI=1S/C19H18F2N4O/c1-5-12(4)23-19-22-10-13-6-7-17(24-25(13)19)18-15(20)8-14(9-16(18)21)26-11(2)3/h5-11H,1H2,2-4H3. The molecule has 0 N–H and O–H groups in total. The summed E-state index contributed by atoms with van der Waals surface area (Å²) >= 11 is 0. The zero-order valence-corrected chi connectivity index (χ0v) is 14.7. The first-order valence-corrected chi connectivity index (χ1v) is 8.07. The van der Waals surface area contributed by atoms with Crippen LogP contribution in [0.2, 0.25) is 0 Å². The number of halogens is 2. The topological polar surface area (TPSA) is 51.8 Å². The van der Waals surface area contributed by atoms with Gasteiger partial charge in [-0.15, -0.1) is 0 Å². The van der Waals surface area contributed by atoms with Crippen LogP contribution in [-0.2, 0) is 0 Å². The van der Waals surface area contributed by atoms with Gasteiger partial charge in [-0.3, -0.25) is 0 Å². The average molecular weight is 356 g/mol. The summed E-state index contributed by atoms with van der Waals surface area (Å²) in [4.78, 5) is 8.44. The van der Waals surface area contributed by atoms with Gasteiger partial charge in [-0.1, -0.05) is 6.58 Å². The smallest absolute Gasteiger partial charge is 0.251 e. The molecule has 134 valence electrons. The maximum Gasteiger partial charge on any atom is 0.251 e. The molecule has 7 heteroatoms. The number of fused-ring (bicyclic) bond motifs is 1. The minimum Gasteiger partial charge on any atom is -0.491 e. The van der Waals surface area contributed by atoms with Gasteiger partial charge in [-0.05, 0) is 39.0 Å². The first-order valence-electron chi connectivity index (χ1n) is 8.07. The van der Waals surface area contributed by atoms with Crippen molar-refractivity contribution in [2.24, 2.45) is 4.99 Å². The summed E-state index contributed by atoms with van der Waals surface area (Å²) in [5.74, 6) is -1.06. The van der Waals surface area contributed by atoms with E-state index in [1.165, 1.54) is 10.6 Å². The van der Waals surface area contributed by atoms with Gasteiger partial charge in [0.15, 0.2) is 0 Å². The normalized spacial score (nSPS) is 12.0. The van der Waals surface area contributed by atoms with Crippen LogP contribution in [0.25, 0.3) is 16.8 Å². The summed E-state index contributed by atoms with van der Waals surface area (Å²) < 4.78 is 35.8. The second-order valence-corrected chi connectivity index (χ2v) is 6.00. The molecule has 0 spiro atoms. The summed E-state index contributed by atoms with van der Waals surface area (Å²) in [6.45, 7) is 8.97. The van der Waals surface area contributed by atoms with E-state index >= 15 is 0 Å². The molecular weight excluding hydrogens is 338 g/mol. The summed E-state index contributed by atoms with van der Waals surface area (Å²) in [6.07, 6.45) is 2.98. The van der Waals surface area contributed by atoms with Crippen LogP contribution < -0.4 is 4.74 Å². The molecule has 0 bridgehead atoms. The van der Waals surface area contributed by atoms with Gasteiger partial charge in [0.2, 0.25) is 0 Å². The zero-order valence-electron chi connectivity index (χ0n) is 14.7. The van der Waals surface area contributed by atoms with Gasteiger partial charge < -0.3 is 4.74 Å². The Labute approximate surface area is 149 Å². The third-order valence-electron chi connectivity index (χ3n) is 3.58. The molecule has 0 unspecified atom stereocenters. The Bertz CT molecular complexity index is 985. The maximum absolute atomic E-state index is 14.5. The number of rotatable bonds is 5. The van der Waals surface area contributed by atoms with Crippen LogP contribution in [0.4, 0.5) is 14.7 Å². The van der Waals surface area contributed by atoms with E-state index in [1.807, 2.05) is 0 Å². The Morgan fingerprint density at radius 1 is 1.27 bits per heavy atom. The molecule has 0 atom stereocenters. The van der Waals surface area contributed by atoms with Crippen molar-refractivity contribution in [3.8, 4) is 17.0 Å². The third-order valence-corrected chi connectivity index (χ3v) is 3.58. The van der Waals surface area contributed by atoms with Crippen LogP contribution in [-0.4, -0.2) is 26.4 Å². The van der Waals surface area contributed by atoms with Gasteiger partial charge in [0.25, 0.3) is 5.95 Å². The number of imidazole rings is 1. The second-order valence-electron chi connectivity index (χ2n) is 6.00. The molecule has 0 fully saturated rings. The lowest BCUT2D eigenvalue weighted by Crippen LogP contribution is -2.07. The van der Waals surface area contributed by atoms with Crippen LogP contribution in [0.5, 0.6) is 5.75 Å². The number of aliphatic imine (C=N–C) groups is 1. The van der Waals surface area contributed by atoms with E-state index in [1.54, 1.807) is 39.1 Å². The van der Waals surface area contributed by atoms with Crippen LogP contribution >= 0.6 is 0 Å². The van der Waals surface area contributed by atoms with E-state index in [-0.39, 0.29) is 23.1 Å². The lowest BCUT2D eigenvalue weighted by Gasteiger charge is -2.12. The molecule has 2 aromatic heterocycles. The Morgan fingerprint density at radius 3 is 2.58 bits per heavy atom. The molecule has 0 aliphatic carbocycles. The van der Waals surface area contributed by atoms with Crippen molar-refractivity contribution in [3.05, 3.63) is 54.8 Å². The van der Waals surface area contributed by atoms with Crippen LogP contribution in [0.3, 0.4) is 0 Å². The Kier molecular flexibility index (Phi) is 4.79. The number of aromatic nitrogens is 3. The fourth-order valence-electron chi connectivity index (χ4n) is 2.42. The number of ether oxygens (including phenoxy) is 1. The molecule has 5 nitrogen and oxygen atoms in total. The Balaban J connectivity index is 2.11. The average Bonchev–Trinajstić information content (AvgIpc) is 2.96. The van der Waals surface area contributed by atoms with E-state index in [2.05, 4.69) is 21.7 Å². The highest BCUT2D eigenvalue weighted by Crippen LogP contribution is 2.29. The van der Waals surface area contributed by atoms with E-state index in [0.29, 0.717) is 17.2 Å². The molecule has 0 aliphatic rings. The van der Waals surface area contributed by atoms with Crippen molar-refractivity contribution in [2.45, 2.75) is 26.9 Å². The lowest BCUT2D eigenvalue weighted by atomic mass is 10.1. The van der Waals surface area contributed by atoms with E-state index in [4.69, 9.17) is 4.74 Å². The Morgan fingerprint density at radius 2 is 1.96 bits per heavy atom. The van der Waals surface area contributed by atoms with Crippen LogP contribution in [0.1, 0.15) is 20.8 Å². The molecule has 0 saturated heterocycles. The zero-order chi connectivity index (χ0) is 18.8. The number of hydrogen-bond acceptors (Lipinski definition) is 4. The summed E-state index contributed by atoms with van der Waals surface area (Å²) in [5, 5.41) is 4.30. The molecule has 1 aromatic carbocycles. The minimum atomic E-state index is -0.750. The summed E-state index contributed by atoms with van der Waals surface area (Å²) in [6, 6.07) is 5.52. The molecule has 26 heavy (non-hydrogen) atoms. The first kappa shape index (κ1) is 17.7. The number of benzene rings is 1. The second kappa shape index (κ2) is 7.03. The van der Waals surface area contributed by atoms with Gasteiger partial charge in [-0.25, -0.2) is 18.8 Å². The Hall–Kier alpha value is -3.09. The fraction of sp³-hybridized carbons (Fsp3) is 0.211. The van der Waals surface area contributed by atoms with E-state index in [9.17, 15) is 8.78 Å². The number of nitrogens with zero attached hydrogens (tertiary/aromatic N) is 4. The minimum absolute atomic E-state index is 0.134. The monoisotopic (exact) mass is 356 g/mol. The highest BCUT2D eigenvalue weighted by atomic mass is 19.1. The third kappa shape index (κ3) is 3.46. The largest absolute Gasteiger partial charge is 0.491 e. The molecule has 2 heterocycles. The van der Waals surface area contributed by atoms with Crippen LogP contribution in [0.15, 0.2) is 48.1 Å². The van der Waals surface area contributed by atoms with Gasteiger partial charge in [0.05, 0.1) is 29.1 Å². The summed E-state index contributed by atoms with van der Waals surface area (Å²) in [5.41, 5.74) is 1.21. The molecule has 0 amide bonds. The first-order chi connectivity index (χ1) is 12.4. The lowest BCUT2D eigenvalue weighted by molar-refractivity contribution is 0.240. The molecule has 0 aliphatic heterocycles.